The summed E-state index contributed by atoms with van der Waals surface area (Å²) >= 11 is 0. The first-order valence-electron chi connectivity index (χ1n) is 5.88. The largest absolute Gasteiger partial charge is 0.492 e. The van der Waals surface area contributed by atoms with E-state index >= 15 is 0 Å². The zero-order valence-electron chi connectivity index (χ0n) is 10.6. The van der Waals surface area contributed by atoms with Gasteiger partial charge in [-0.2, -0.15) is 0 Å². The SMILES string of the molecule is CCOc1cc(C)ccc1NC(=O)[C@@H](N)CC. The molecular weight excluding hydrogens is 216 g/mol. The molecule has 94 valence electrons. The van der Waals surface area contributed by atoms with Gasteiger partial charge in [0.05, 0.1) is 18.3 Å². The van der Waals surface area contributed by atoms with Gasteiger partial charge in [0, 0.05) is 0 Å². The molecule has 0 aromatic heterocycles. The fraction of sp³-hybridized carbons (Fsp3) is 0.462. The van der Waals surface area contributed by atoms with Crippen molar-refractivity contribution in [1.82, 2.24) is 0 Å². The molecule has 0 aliphatic heterocycles. The van der Waals surface area contributed by atoms with Crippen molar-refractivity contribution in [3.8, 4) is 5.75 Å². The third kappa shape index (κ3) is 3.75. The zero-order chi connectivity index (χ0) is 12.8. The molecular formula is C13H20N2O2. The lowest BCUT2D eigenvalue weighted by Gasteiger charge is -2.14. The van der Waals surface area contributed by atoms with Crippen LogP contribution < -0.4 is 15.8 Å². The molecule has 0 saturated heterocycles. The molecule has 1 rings (SSSR count). The van der Waals surface area contributed by atoms with Crippen molar-refractivity contribution in [1.29, 1.82) is 0 Å². The van der Waals surface area contributed by atoms with Crippen LogP contribution in [0.4, 0.5) is 5.69 Å². The molecule has 0 unspecified atom stereocenters. The highest BCUT2D eigenvalue weighted by Gasteiger charge is 2.13. The lowest BCUT2D eigenvalue weighted by molar-refractivity contribution is -0.117. The molecule has 4 nitrogen and oxygen atoms in total. The molecule has 4 heteroatoms. The van der Waals surface area contributed by atoms with Crippen LogP contribution in [0.15, 0.2) is 18.2 Å². The molecule has 0 spiro atoms. The minimum absolute atomic E-state index is 0.183. The summed E-state index contributed by atoms with van der Waals surface area (Å²) in [6.45, 7) is 6.33. The number of rotatable bonds is 5. The number of hydrogen-bond acceptors (Lipinski definition) is 3. The van der Waals surface area contributed by atoms with Crippen LogP contribution in [0.2, 0.25) is 0 Å². The molecule has 1 amide bonds. The van der Waals surface area contributed by atoms with Gasteiger partial charge >= 0.3 is 0 Å². The van der Waals surface area contributed by atoms with Crippen molar-refractivity contribution < 1.29 is 9.53 Å². The van der Waals surface area contributed by atoms with E-state index in [1.165, 1.54) is 0 Å². The van der Waals surface area contributed by atoms with Crippen molar-refractivity contribution in [2.24, 2.45) is 5.73 Å². The summed E-state index contributed by atoms with van der Waals surface area (Å²) in [7, 11) is 0. The standard InChI is InChI=1S/C13H20N2O2/c1-4-10(14)13(16)15-11-7-6-9(3)8-12(11)17-5-2/h6-8,10H,4-5,14H2,1-3H3,(H,15,16)/t10-/m0/s1. The second-order valence-corrected chi connectivity index (χ2v) is 3.94. The third-order valence-corrected chi connectivity index (χ3v) is 2.47. The van der Waals surface area contributed by atoms with Crippen molar-refractivity contribution in [2.45, 2.75) is 33.2 Å². The van der Waals surface area contributed by atoms with Crippen LogP contribution in [-0.4, -0.2) is 18.6 Å². The van der Waals surface area contributed by atoms with Gasteiger partial charge < -0.3 is 15.8 Å². The maximum atomic E-state index is 11.7. The molecule has 0 heterocycles. The fourth-order valence-corrected chi connectivity index (χ4v) is 1.42. The Morgan fingerprint density at radius 1 is 1.47 bits per heavy atom. The second kappa shape index (κ2) is 6.25. The monoisotopic (exact) mass is 236 g/mol. The number of ether oxygens (including phenoxy) is 1. The van der Waals surface area contributed by atoms with Crippen LogP contribution in [0.5, 0.6) is 5.75 Å². The second-order valence-electron chi connectivity index (χ2n) is 3.94. The summed E-state index contributed by atoms with van der Waals surface area (Å²) in [6.07, 6.45) is 0.613. The Morgan fingerprint density at radius 2 is 2.18 bits per heavy atom. The maximum absolute atomic E-state index is 11.7. The van der Waals surface area contributed by atoms with E-state index < -0.39 is 6.04 Å². The lowest BCUT2D eigenvalue weighted by atomic mass is 10.2. The molecule has 17 heavy (non-hydrogen) atoms. The third-order valence-electron chi connectivity index (χ3n) is 2.47. The van der Waals surface area contributed by atoms with Crippen LogP contribution in [-0.2, 0) is 4.79 Å². The number of nitrogens with two attached hydrogens (primary N) is 1. The average Bonchev–Trinajstić information content (AvgIpc) is 2.31. The summed E-state index contributed by atoms with van der Waals surface area (Å²) in [5.41, 5.74) is 7.43. The predicted molar refractivity (Wildman–Crippen MR) is 69.2 cm³/mol. The molecule has 0 bridgehead atoms. The predicted octanol–water partition coefficient (Wildman–Crippen LogP) is 2.07. The number of aryl methyl sites for hydroxylation is 1. The van der Waals surface area contributed by atoms with Gasteiger partial charge in [-0.3, -0.25) is 4.79 Å². The van der Waals surface area contributed by atoms with Crippen LogP contribution in [0.3, 0.4) is 0 Å². The lowest BCUT2D eigenvalue weighted by Crippen LogP contribution is -2.34. The molecule has 0 radical (unpaired) electrons. The van der Waals surface area contributed by atoms with Gasteiger partial charge in [-0.15, -0.1) is 0 Å². The number of carbonyl (C=O) groups excluding carboxylic acids is 1. The highest BCUT2D eigenvalue weighted by atomic mass is 16.5. The average molecular weight is 236 g/mol. The van der Waals surface area contributed by atoms with Crippen molar-refractivity contribution in [3.63, 3.8) is 0 Å². The summed E-state index contributed by atoms with van der Waals surface area (Å²) in [6, 6.07) is 5.18. The minimum Gasteiger partial charge on any atom is -0.492 e. The van der Waals surface area contributed by atoms with Gasteiger partial charge in [0.2, 0.25) is 5.91 Å². The van der Waals surface area contributed by atoms with E-state index in [4.69, 9.17) is 10.5 Å². The van der Waals surface area contributed by atoms with E-state index in [0.29, 0.717) is 24.5 Å². The zero-order valence-corrected chi connectivity index (χ0v) is 10.6. The summed E-state index contributed by atoms with van der Waals surface area (Å²) in [4.78, 5) is 11.7. The number of amides is 1. The Bertz CT molecular complexity index is 391. The van der Waals surface area contributed by atoms with E-state index in [1.807, 2.05) is 39.0 Å². The highest BCUT2D eigenvalue weighted by Crippen LogP contribution is 2.25. The number of nitrogens with one attached hydrogen (secondary N) is 1. The van der Waals surface area contributed by atoms with E-state index in [9.17, 15) is 4.79 Å². The van der Waals surface area contributed by atoms with E-state index in [1.54, 1.807) is 0 Å². The van der Waals surface area contributed by atoms with Gasteiger partial charge in [0.1, 0.15) is 5.75 Å². The van der Waals surface area contributed by atoms with Crippen molar-refractivity contribution in [3.05, 3.63) is 23.8 Å². The molecule has 0 aliphatic carbocycles. The molecule has 0 saturated carbocycles. The highest BCUT2D eigenvalue weighted by molar-refractivity contribution is 5.95. The number of hydrogen-bond donors (Lipinski definition) is 2. The first-order valence-corrected chi connectivity index (χ1v) is 5.88. The molecule has 0 fully saturated rings. The van der Waals surface area contributed by atoms with Crippen LogP contribution in [0.1, 0.15) is 25.8 Å². The summed E-state index contributed by atoms with van der Waals surface area (Å²) in [5, 5.41) is 2.78. The Kier molecular flexibility index (Phi) is 4.97. The Hall–Kier alpha value is -1.55. The van der Waals surface area contributed by atoms with Gasteiger partial charge in [-0.25, -0.2) is 0 Å². The Morgan fingerprint density at radius 3 is 2.76 bits per heavy atom. The van der Waals surface area contributed by atoms with Crippen LogP contribution in [0, 0.1) is 6.92 Å². The molecule has 1 aromatic rings. The quantitative estimate of drug-likeness (QED) is 0.822. The molecule has 0 aliphatic rings. The van der Waals surface area contributed by atoms with Gasteiger partial charge in [0.25, 0.3) is 0 Å². The fourth-order valence-electron chi connectivity index (χ4n) is 1.42. The number of carbonyl (C=O) groups is 1. The van der Waals surface area contributed by atoms with Gasteiger partial charge in [-0.05, 0) is 38.0 Å². The van der Waals surface area contributed by atoms with Crippen molar-refractivity contribution >= 4 is 11.6 Å². The smallest absolute Gasteiger partial charge is 0.241 e. The number of benzene rings is 1. The number of anilines is 1. The van der Waals surface area contributed by atoms with E-state index in [-0.39, 0.29) is 5.91 Å². The maximum Gasteiger partial charge on any atom is 0.241 e. The summed E-state index contributed by atoms with van der Waals surface area (Å²) in [5.74, 6) is 0.501. The summed E-state index contributed by atoms with van der Waals surface area (Å²) < 4.78 is 5.48. The van der Waals surface area contributed by atoms with Gasteiger partial charge in [0.15, 0.2) is 0 Å². The molecule has 3 N–H and O–H groups in total. The Balaban J connectivity index is 2.86. The van der Waals surface area contributed by atoms with Gasteiger partial charge in [-0.1, -0.05) is 13.0 Å². The van der Waals surface area contributed by atoms with Crippen molar-refractivity contribution in [2.75, 3.05) is 11.9 Å². The van der Waals surface area contributed by atoms with Crippen LogP contribution >= 0.6 is 0 Å². The van der Waals surface area contributed by atoms with Crippen LogP contribution in [0.25, 0.3) is 0 Å². The van der Waals surface area contributed by atoms with E-state index in [0.717, 1.165) is 5.56 Å². The topological polar surface area (TPSA) is 64.3 Å². The first kappa shape index (κ1) is 13.5. The minimum atomic E-state index is -0.481. The Labute approximate surface area is 102 Å². The first-order chi connectivity index (χ1) is 8.08. The normalized spacial score (nSPS) is 12.0. The molecule has 1 atom stereocenters. The molecule has 1 aromatic carbocycles. The van der Waals surface area contributed by atoms with E-state index in [2.05, 4.69) is 5.32 Å².